The van der Waals surface area contributed by atoms with Gasteiger partial charge in [-0.15, -0.1) is 11.3 Å². The molecule has 3 aromatic heterocycles. The number of rotatable bonds is 6. The highest BCUT2D eigenvalue weighted by Crippen LogP contribution is 2.23. The molecular weight excluding hydrogens is 410 g/mol. The van der Waals surface area contributed by atoms with Crippen molar-refractivity contribution in [2.75, 3.05) is 5.32 Å². The third-order valence-electron chi connectivity index (χ3n) is 4.31. The van der Waals surface area contributed by atoms with Crippen LogP contribution >= 0.6 is 11.3 Å². The van der Waals surface area contributed by atoms with E-state index in [9.17, 15) is 4.79 Å². The molecular formula is C23H21N5O2S. The highest BCUT2D eigenvalue weighted by Gasteiger charge is 2.10. The first-order chi connectivity index (χ1) is 15.0. The molecule has 1 amide bonds. The summed E-state index contributed by atoms with van der Waals surface area (Å²) in [5.74, 6) is 2.06. The number of amides is 1. The van der Waals surface area contributed by atoms with Gasteiger partial charge in [-0.3, -0.25) is 4.79 Å². The lowest BCUT2D eigenvalue weighted by Crippen LogP contribution is -2.07. The van der Waals surface area contributed by atoms with E-state index in [0.717, 1.165) is 16.3 Å². The van der Waals surface area contributed by atoms with Gasteiger partial charge in [-0.05, 0) is 68.6 Å². The monoisotopic (exact) mass is 431 g/mol. The summed E-state index contributed by atoms with van der Waals surface area (Å²) in [5.41, 5.74) is 2.57. The third kappa shape index (κ3) is 5.23. The van der Waals surface area contributed by atoms with Gasteiger partial charge in [0.15, 0.2) is 5.82 Å². The van der Waals surface area contributed by atoms with Crippen LogP contribution in [0.1, 0.15) is 22.1 Å². The molecule has 0 saturated carbocycles. The van der Waals surface area contributed by atoms with E-state index >= 15 is 0 Å². The fraction of sp³-hybridized carbons (Fsp3) is 0.130. The molecule has 0 saturated heterocycles. The van der Waals surface area contributed by atoms with Crippen LogP contribution in [0.15, 0.2) is 60.0 Å². The molecule has 1 aromatic carbocycles. The van der Waals surface area contributed by atoms with E-state index < -0.39 is 0 Å². The smallest absolute Gasteiger partial charge is 0.248 e. The zero-order valence-electron chi connectivity index (χ0n) is 17.4. The summed E-state index contributed by atoms with van der Waals surface area (Å²) in [6.45, 7) is 5.72. The second-order valence-electron chi connectivity index (χ2n) is 6.91. The van der Waals surface area contributed by atoms with E-state index in [4.69, 9.17) is 4.74 Å². The number of carbonyl (C=O) groups is 1. The number of hydrogen-bond acceptors (Lipinski definition) is 6. The van der Waals surface area contributed by atoms with Crippen molar-refractivity contribution in [3.05, 3.63) is 82.1 Å². The molecule has 0 aliphatic heterocycles. The number of aromatic nitrogens is 4. The first-order valence-corrected chi connectivity index (χ1v) is 10.5. The van der Waals surface area contributed by atoms with Crippen LogP contribution in [0.4, 0.5) is 5.69 Å². The van der Waals surface area contributed by atoms with Crippen molar-refractivity contribution >= 4 is 29.0 Å². The molecule has 4 aromatic rings. The summed E-state index contributed by atoms with van der Waals surface area (Å²) in [7, 11) is 0. The normalized spacial score (nSPS) is 11.1. The second-order valence-corrected chi connectivity index (χ2v) is 7.89. The van der Waals surface area contributed by atoms with Gasteiger partial charge >= 0.3 is 0 Å². The number of nitrogens with zero attached hydrogens (tertiary/aromatic N) is 4. The second kappa shape index (κ2) is 8.93. The molecule has 156 valence electrons. The summed E-state index contributed by atoms with van der Waals surface area (Å²) in [5, 5.41) is 9.26. The van der Waals surface area contributed by atoms with Crippen molar-refractivity contribution in [3.8, 4) is 17.4 Å². The molecule has 0 unspecified atom stereocenters. The number of ether oxygens (including phenoxy) is 1. The maximum atomic E-state index is 12.1. The Morgan fingerprint density at radius 3 is 2.58 bits per heavy atom. The Morgan fingerprint density at radius 2 is 1.90 bits per heavy atom. The molecule has 4 rings (SSSR count). The van der Waals surface area contributed by atoms with Crippen LogP contribution in [0.2, 0.25) is 0 Å². The fourth-order valence-corrected chi connectivity index (χ4v) is 3.62. The van der Waals surface area contributed by atoms with Crippen LogP contribution in [0.25, 0.3) is 11.9 Å². The van der Waals surface area contributed by atoms with Crippen molar-refractivity contribution in [3.63, 3.8) is 0 Å². The van der Waals surface area contributed by atoms with Crippen LogP contribution in [0.3, 0.4) is 0 Å². The summed E-state index contributed by atoms with van der Waals surface area (Å²) in [6, 6.07) is 14.7. The number of benzene rings is 1. The van der Waals surface area contributed by atoms with Gasteiger partial charge in [0.25, 0.3) is 0 Å². The van der Waals surface area contributed by atoms with Gasteiger partial charge in [-0.1, -0.05) is 6.07 Å². The predicted octanol–water partition coefficient (Wildman–Crippen LogP) is 5.09. The molecule has 31 heavy (non-hydrogen) atoms. The van der Waals surface area contributed by atoms with Gasteiger partial charge in [-0.25, -0.2) is 9.67 Å². The molecule has 3 heterocycles. The van der Waals surface area contributed by atoms with Gasteiger partial charge in [0.2, 0.25) is 11.8 Å². The van der Waals surface area contributed by atoms with Crippen LogP contribution < -0.4 is 10.1 Å². The van der Waals surface area contributed by atoms with Crippen molar-refractivity contribution in [2.45, 2.75) is 20.8 Å². The van der Waals surface area contributed by atoms with Gasteiger partial charge in [0, 0.05) is 28.4 Å². The SMILES string of the molecule is Cc1cc(C)n(-c2cc(Oc3ccc(NC(=O)/C=C/c4cccs4)cc3)nc(C)n2)n1. The fourth-order valence-electron chi connectivity index (χ4n) is 3.00. The minimum atomic E-state index is -0.192. The summed E-state index contributed by atoms with van der Waals surface area (Å²) in [4.78, 5) is 21.9. The number of anilines is 1. The largest absolute Gasteiger partial charge is 0.439 e. The lowest BCUT2D eigenvalue weighted by molar-refractivity contribution is -0.111. The van der Waals surface area contributed by atoms with Crippen molar-refractivity contribution in [1.82, 2.24) is 19.7 Å². The van der Waals surface area contributed by atoms with E-state index in [1.807, 2.05) is 44.4 Å². The molecule has 0 spiro atoms. The molecule has 0 radical (unpaired) electrons. The Kier molecular flexibility index (Phi) is 5.90. The topological polar surface area (TPSA) is 81.9 Å². The van der Waals surface area contributed by atoms with E-state index in [-0.39, 0.29) is 5.91 Å². The van der Waals surface area contributed by atoms with E-state index in [0.29, 0.717) is 29.0 Å². The summed E-state index contributed by atoms with van der Waals surface area (Å²) >= 11 is 1.58. The zero-order chi connectivity index (χ0) is 21.8. The Balaban J connectivity index is 1.44. The van der Waals surface area contributed by atoms with E-state index in [1.54, 1.807) is 52.4 Å². The molecule has 0 aliphatic carbocycles. The molecule has 0 atom stereocenters. The van der Waals surface area contributed by atoms with Gasteiger partial charge < -0.3 is 10.1 Å². The van der Waals surface area contributed by atoms with Crippen LogP contribution in [-0.2, 0) is 4.79 Å². The number of thiophene rings is 1. The average Bonchev–Trinajstić information content (AvgIpc) is 3.36. The minimum Gasteiger partial charge on any atom is -0.439 e. The molecule has 0 bridgehead atoms. The Hall–Kier alpha value is -3.78. The lowest BCUT2D eigenvalue weighted by Gasteiger charge is -2.09. The molecule has 7 nitrogen and oxygen atoms in total. The standard InChI is InChI=1S/C23H21N5O2S/c1-15-13-16(2)28(27-15)21-14-23(25-17(3)24-21)30-19-8-6-18(7-9-19)26-22(29)11-10-20-5-4-12-31-20/h4-14H,1-3H3,(H,26,29)/b11-10+. The van der Waals surface area contributed by atoms with E-state index in [2.05, 4.69) is 20.4 Å². The molecule has 0 aliphatic rings. The lowest BCUT2D eigenvalue weighted by atomic mass is 10.3. The van der Waals surface area contributed by atoms with Crippen molar-refractivity contribution in [2.24, 2.45) is 0 Å². The average molecular weight is 432 g/mol. The number of nitrogens with one attached hydrogen (secondary N) is 1. The Labute approximate surface area is 184 Å². The molecule has 8 heteroatoms. The summed E-state index contributed by atoms with van der Waals surface area (Å²) < 4.78 is 7.67. The van der Waals surface area contributed by atoms with Gasteiger partial charge in [0.1, 0.15) is 11.6 Å². The van der Waals surface area contributed by atoms with Crippen LogP contribution in [0.5, 0.6) is 11.6 Å². The maximum Gasteiger partial charge on any atom is 0.248 e. The third-order valence-corrected chi connectivity index (χ3v) is 5.15. The highest BCUT2D eigenvalue weighted by molar-refractivity contribution is 7.10. The highest BCUT2D eigenvalue weighted by atomic mass is 32.1. The quantitative estimate of drug-likeness (QED) is 0.430. The van der Waals surface area contributed by atoms with Crippen molar-refractivity contribution in [1.29, 1.82) is 0 Å². The molecule has 1 N–H and O–H groups in total. The first kappa shape index (κ1) is 20.5. The molecule has 0 fully saturated rings. The van der Waals surface area contributed by atoms with Gasteiger partial charge in [0.05, 0.1) is 5.69 Å². The van der Waals surface area contributed by atoms with Crippen molar-refractivity contribution < 1.29 is 9.53 Å². The predicted molar refractivity (Wildman–Crippen MR) is 122 cm³/mol. The van der Waals surface area contributed by atoms with Crippen LogP contribution in [-0.4, -0.2) is 25.7 Å². The summed E-state index contributed by atoms with van der Waals surface area (Å²) in [6.07, 6.45) is 3.30. The Bertz CT molecular complexity index is 1230. The zero-order valence-corrected chi connectivity index (χ0v) is 18.2. The number of aryl methyl sites for hydroxylation is 3. The number of hydrogen-bond donors (Lipinski definition) is 1. The van der Waals surface area contributed by atoms with E-state index in [1.165, 1.54) is 6.08 Å². The minimum absolute atomic E-state index is 0.192. The Morgan fingerprint density at radius 1 is 1.10 bits per heavy atom. The maximum absolute atomic E-state index is 12.1. The van der Waals surface area contributed by atoms with Gasteiger partial charge in [-0.2, -0.15) is 10.1 Å². The number of carbonyl (C=O) groups excluding carboxylic acids is 1. The first-order valence-electron chi connectivity index (χ1n) is 9.66. The van der Waals surface area contributed by atoms with Crippen LogP contribution in [0, 0.1) is 20.8 Å².